The van der Waals surface area contributed by atoms with E-state index < -0.39 is 18.0 Å². The quantitative estimate of drug-likeness (QED) is 0.639. The summed E-state index contributed by atoms with van der Waals surface area (Å²) >= 11 is 3.52. The Morgan fingerprint density at radius 1 is 1.17 bits per heavy atom. The van der Waals surface area contributed by atoms with E-state index in [1.54, 1.807) is 19.1 Å². The Kier molecular flexibility index (Phi) is 6.43. The molecule has 1 heterocycles. The first kappa shape index (κ1) is 20.7. The Morgan fingerprint density at radius 3 is 2.55 bits per heavy atom. The van der Waals surface area contributed by atoms with E-state index in [9.17, 15) is 9.59 Å². The summed E-state index contributed by atoms with van der Waals surface area (Å²) in [5, 5.41) is 5.36. The van der Waals surface area contributed by atoms with Crippen molar-refractivity contribution in [3.05, 3.63) is 69.3 Å². The van der Waals surface area contributed by atoms with E-state index in [0.717, 1.165) is 5.56 Å². The van der Waals surface area contributed by atoms with Gasteiger partial charge in [0.1, 0.15) is 6.61 Å². The Hall–Kier alpha value is -3.00. The van der Waals surface area contributed by atoms with E-state index >= 15 is 0 Å². The van der Waals surface area contributed by atoms with E-state index in [4.69, 9.17) is 14.2 Å². The lowest BCUT2D eigenvalue weighted by atomic mass is 9.95. The number of benzene rings is 2. The van der Waals surface area contributed by atoms with Gasteiger partial charge in [-0.25, -0.2) is 9.59 Å². The van der Waals surface area contributed by atoms with Gasteiger partial charge in [-0.15, -0.1) is 0 Å². The number of nitrogens with one attached hydrogen (secondary N) is 2. The molecular formula is C21H21BrN2O5. The van der Waals surface area contributed by atoms with Gasteiger partial charge in [0.05, 0.1) is 30.3 Å². The van der Waals surface area contributed by atoms with Gasteiger partial charge in [0.25, 0.3) is 0 Å². The molecule has 2 amide bonds. The third-order valence-corrected chi connectivity index (χ3v) is 5.07. The molecule has 0 radical (unpaired) electrons. The van der Waals surface area contributed by atoms with Crippen LogP contribution in [0.2, 0.25) is 0 Å². The summed E-state index contributed by atoms with van der Waals surface area (Å²) in [7, 11) is 2.83. The van der Waals surface area contributed by atoms with Crippen LogP contribution < -0.4 is 20.1 Å². The summed E-state index contributed by atoms with van der Waals surface area (Å²) in [6.45, 7) is 2.02. The maximum Gasteiger partial charge on any atom is 0.337 e. The van der Waals surface area contributed by atoms with Crippen LogP contribution in [0.3, 0.4) is 0 Å². The summed E-state index contributed by atoms with van der Waals surface area (Å²) < 4.78 is 17.0. The molecule has 0 bridgehead atoms. The fourth-order valence-corrected chi connectivity index (χ4v) is 3.67. The predicted molar refractivity (Wildman–Crippen MR) is 111 cm³/mol. The molecule has 1 atom stereocenters. The van der Waals surface area contributed by atoms with Crippen molar-refractivity contribution in [2.24, 2.45) is 0 Å². The summed E-state index contributed by atoms with van der Waals surface area (Å²) in [5.41, 5.74) is 2.42. The molecule has 7 nitrogen and oxygen atoms in total. The maximum absolute atomic E-state index is 12.3. The number of rotatable bonds is 6. The molecule has 0 saturated heterocycles. The zero-order chi connectivity index (χ0) is 21.0. The van der Waals surface area contributed by atoms with Crippen LogP contribution in [0.1, 0.15) is 24.1 Å². The molecule has 0 unspecified atom stereocenters. The molecule has 0 aromatic heterocycles. The summed E-state index contributed by atoms with van der Waals surface area (Å²) in [5.74, 6) is 0.472. The molecule has 0 saturated carbocycles. The molecule has 1 aliphatic rings. The second-order valence-corrected chi connectivity index (χ2v) is 7.22. The molecule has 8 heteroatoms. The Bertz CT molecular complexity index is 959. The highest BCUT2D eigenvalue weighted by atomic mass is 79.9. The van der Waals surface area contributed by atoms with Gasteiger partial charge < -0.3 is 24.8 Å². The molecule has 152 valence electrons. The van der Waals surface area contributed by atoms with Crippen molar-refractivity contribution in [2.45, 2.75) is 19.6 Å². The number of urea groups is 1. The molecule has 0 aliphatic carbocycles. The fourth-order valence-electron chi connectivity index (χ4n) is 3.10. The number of halogens is 1. The number of hydrogen-bond acceptors (Lipinski definition) is 5. The molecule has 2 N–H and O–H groups in total. The van der Waals surface area contributed by atoms with Crippen molar-refractivity contribution in [3.63, 3.8) is 0 Å². The monoisotopic (exact) mass is 460 g/mol. The second kappa shape index (κ2) is 9.00. The van der Waals surface area contributed by atoms with Crippen LogP contribution in [0.25, 0.3) is 0 Å². The summed E-state index contributed by atoms with van der Waals surface area (Å²) in [6, 6.07) is 12.2. The van der Waals surface area contributed by atoms with Gasteiger partial charge in [0, 0.05) is 5.70 Å². The standard InChI is InChI=1S/C21H21BrN2O5/c1-12-17(20(25)28-3)18(24-21(26)23-12)14-9-15(22)19(16(10-14)27-2)29-11-13-7-5-4-6-8-13/h4-10,18H,11H2,1-3H3,(H2,23,24,26)/t18-/m1/s1. The number of amides is 2. The molecule has 2 aromatic rings. The Labute approximate surface area is 177 Å². The van der Waals surface area contributed by atoms with Crippen LogP contribution in [0.4, 0.5) is 4.79 Å². The van der Waals surface area contributed by atoms with Gasteiger partial charge in [-0.05, 0) is 46.1 Å². The van der Waals surface area contributed by atoms with Crippen molar-refractivity contribution in [3.8, 4) is 11.5 Å². The van der Waals surface area contributed by atoms with Gasteiger partial charge in [0.15, 0.2) is 11.5 Å². The van der Waals surface area contributed by atoms with Gasteiger partial charge in [-0.2, -0.15) is 0 Å². The van der Waals surface area contributed by atoms with Crippen molar-refractivity contribution >= 4 is 27.9 Å². The fraction of sp³-hybridized carbons (Fsp3) is 0.238. The first-order valence-corrected chi connectivity index (χ1v) is 9.64. The highest BCUT2D eigenvalue weighted by molar-refractivity contribution is 9.10. The lowest BCUT2D eigenvalue weighted by molar-refractivity contribution is -0.136. The minimum Gasteiger partial charge on any atom is -0.493 e. The van der Waals surface area contributed by atoms with E-state index in [2.05, 4.69) is 26.6 Å². The number of hydrogen-bond donors (Lipinski definition) is 2. The molecule has 0 spiro atoms. The SMILES string of the molecule is COC(=O)C1=C(C)NC(=O)N[C@@H]1c1cc(Br)c(OCc2ccccc2)c(OC)c1. The van der Waals surface area contributed by atoms with Crippen LogP contribution in [0, 0.1) is 0 Å². The third-order valence-electron chi connectivity index (χ3n) is 4.49. The smallest absolute Gasteiger partial charge is 0.337 e. The van der Waals surface area contributed by atoms with E-state index in [0.29, 0.717) is 39.4 Å². The number of methoxy groups -OCH3 is 2. The van der Waals surface area contributed by atoms with Crippen molar-refractivity contribution in [1.29, 1.82) is 0 Å². The largest absolute Gasteiger partial charge is 0.493 e. The molecule has 29 heavy (non-hydrogen) atoms. The average molecular weight is 461 g/mol. The predicted octanol–water partition coefficient (Wildman–Crippen LogP) is 3.84. The van der Waals surface area contributed by atoms with Gasteiger partial charge in [-0.3, -0.25) is 0 Å². The van der Waals surface area contributed by atoms with E-state index in [1.807, 2.05) is 30.3 Å². The van der Waals surface area contributed by atoms with Crippen LogP contribution in [0.5, 0.6) is 11.5 Å². The highest BCUT2D eigenvalue weighted by Gasteiger charge is 2.33. The zero-order valence-corrected chi connectivity index (χ0v) is 17.8. The molecular weight excluding hydrogens is 440 g/mol. The van der Waals surface area contributed by atoms with Crippen molar-refractivity contribution < 1.29 is 23.8 Å². The molecule has 2 aromatic carbocycles. The van der Waals surface area contributed by atoms with Crippen molar-refractivity contribution in [1.82, 2.24) is 10.6 Å². The Balaban J connectivity index is 1.96. The average Bonchev–Trinajstić information content (AvgIpc) is 2.72. The van der Waals surface area contributed by atoms with Crippen LogP contribution in [-0.2, 0) is 16.1 Å². The van der Waals surface area contributed by atoms with Crippen LogP contribution in [-0.4, -0.2) is 26.2 Å². The number of ether oxygens (including phenoxy) is 3. The molecule has 3 rings (SSSR count). The van der Waals surface area contributed by atoms with Crippen LogP contribution >= 0.6 is 15.9 Å². The summed E-state index contributed by atoms with van der Waals surface area (Å²) in [4.78, 5) is 24.3. The number of carbonyl (C=O) groups excluding carboxylic acids is 2. The summed E-state index contributed by atoms with van der Waals surface area (Å²) in [6.07, 6.45) is 0. The van der Waals surface area contributed by atoms with Crippen molar-refractivity contribution in [2.75, 3.05) is 14.2 Å². The minimum atomic E-state index is -0.690. The lowest BCUT2D eigenvalue weighted by Gasteiger charge is -2.28. The number of allylic oxidation sites excluding steroid dienone is 1. The van der Waals surface area contributed by atoms with Crippen LogP contribution in [0.15, 0.2) is 58.2 Å². The first-order chi connectivity index (χ1) is 13.9. The zero-order valence-electron chi connectivity index (χ0n) is 16.2. The Morgan fingerprint density at radius 2 is 1.90 bits per heavy atom. The topological polar surface area (TPSA) is 85.9 Å². The van der Waals surface area contributed by atoms with E-state index in [1.165, 1.54) is 14.2 Å². The lowest BCUT2D eigenvalue weighted by Crippen LogP contribution is -2.45. The van der Waals surface area contributed by atoms with Gasteiger partial charge >= 0.3 is 12.0 Å². The molecule has 0 fully saturated rings. The first-order valence-electron chi connectivity index (χ1n) is 8.85. The maximum atomic E-state index is 12.3. The third kappa shape index (κ3) is 4.54. The number of esters is 1. The molecule has 1 aliphatic heterocycles. The van der Waals surface area contributed by atoms with E-state index in [-0.39, 0.29) is 0 Å². The van der Waals surface area contributed by atoms with Gasteiger partial charge in [-0.1, -0.05) is 30.3 Å². The second-order valence-electron chi connectivity index (χ2n) is 6.37. The normalized spacial score (nSPS) is 16.0. The minimum absolute atomic E-state index is 0.319. The number of carbonyl (C=O) groups is 2. The van der Waals surface area contributed by atoms with Gasteiger partial charge in [0.2, 0.25) is 0 Å². The highest BCUT2D eigenvalue weighted by Crippen LogP contribution is 2.40.